The smallest absolute Gasteiger partial charge is 0.261 e. The van der Waals surface area contributed by atoms with Crippen LogP contribution in [0.1, 0.15) is 31.9 Å². The van der Waals surface area contributed by atoms with E-state index in [2.05, 4.69) is 6.07 Å². The van der Waals surface area contributed by atoms with Gasteiger partial charge in [-0.3, -0.25) is 9.59 Å². The first kappa shape index (κ1) is 17.1. The Labute approximate surface area is 164 Å². The third kappa shape index (κ3) is 1.85. The summed E-state index contributed by atoms with van der Waals surface area (Å²) in [6.07, 6.45) is 0.290. The molecule has 0 aromatic heterocycles. The van der Waals surface area contributed by atoms with Crippen LogP contribution in [0.5, 0.6) is 11.5 Å². The molecular formula is C18H17N3O4S2. The van der Waals surface area contributed by atoms with Crippen LogP contribution < -0.4 is 9.47 Å². The van der Waals surface area contributed by atoms with E-state index in [1.54, 1.807) is 24.9 Å². The van der Waals surface area contributed by atoms with Crippen molar-refractivity contribution in [3.8, 4) is 17.6 Å². The van der Waals surface area contributed by atoms with Gasteiger partial charge in [0.05, 0.1) is 17.5 Å². The molecule has 0 aliphatic carbocycles. The van der Waals surface area contributed by atoms with Gasteiger partial charge in [0.25, 0.3) is 11.8 Å². The number of benzene rings is 1. The third-order valence-corrected chi connectivity index (χ3v) is 9.76. The van der Waals surface area contributed by atoms with Crippen molar-refractivity contribution in [2.45, 2.75) is 36.1 Å². The molecule has 4 saturated heterocycles. The number of nitriles is 1. The van der Waals surface area contributed by atoms with Crippen LogP contribution in [0.3, 0.4) is 0 Å². The van der Waals surface area contributed by atoms with Crippen molar-refractivity contribution in [3.63, 3.8) is 0 Å². The molecule has 7 nitrogen and oxygen atoms in total. The number of carbonyl (C=O) groups excluding carboxylic acids is 2. The lowest BCUT2D eigenvalue weighted by Crippen LogP contribution is -2.73. The molecule has 5 aliphatic heterocycles. The van der Waals surface area contributed by atoms with Gasteiger partial charge in [-0.05, 0) is 31.5 Å². The average molecular weight is 403 g/mol. The lowest BCUT2D eigenvalue weighted by Gasteiger charge is -2.57. The van der Waals surface area contributed by atoms with Gasteiger partial charge in [0.1, 0.15) is 0 Å². The number of piperazine rings is 1. The molecule has 0 radical (unpaired) electrons. The number of fused-ring (bicyclic) bond motifs is 3. The van der Waals surface area contributed by atoms with Gasteiger partial charge in [0.2, 0.25) is 6.79 Å². The Morgan fingerprint density at radius 2 is 1.93 bits per heavy atom. The quantitative estimate of drug-likeness (QED) is 0.666. The van der Waals surface area contributed by atoms with Crippen molar-refractivity contribution in [1.82, 2.24) is 9.80 Å². The Morgan fingerprint density at radius 1 is 1.19 bits per heavy atom. The van der Waals surface area contributed by atoms with Crippen LogP contribution in [0.25, 0.3) is 0 Å². The Bertz CT molecular complexity index is 949. The molecular weight excluding hydrogens is 386 g/mol. The highest BCUT2D eigenvalue weighted by Gasteiger charge is 2.74. The Hall–Kier alpha value is -2.05. The molecule has 2 unspecified atom stereocenters. The highest BCUT2D eigenvalue weighted by atomic mass is 33.1. The summed E-state index contributed by atoms with van der Waals surface area (Å²) in [6.45, 7) is 3.75. The fourth-order valence-corrected chi connectivity index (χ4v) is 8.08. The van der Waals surface area contributed by atoms with E-state index >= 15 is 0 Å². The second-order valence-electron chi connectivity index (χ2n) is 7.69. The summed E-state index contributed by atoms with van der Waals surface area (Å²) >= 11 is 0. The fourth-order valence-electron chi connectivity index (χ4n) is 4.50. The SMILES string of the molecule is CN1C(=O)[C@]23C[C@@](C)(C#N)C(c4ccc5c(c4)OCO5)N2C(=O)C1(C)SS3. The summed E-state index contributed by atoms with van der Waals surface area (Å²) in [6, 6.07) is 7.35. The van der Waals surface area contributed by atoms with Crippen molar-refractivity contribution in [2.24, 2.45) is 5.41 Å². The molecule has 27 heavy (non-hydrogen) atoms. The second-order valence-corrected chi connectivity index (χ2v) is 10.5. The van der Waals surface area contributed by atoms with Crippen molar-refractivity contribution in [1.29, 1.82) is 5.26 Å². The van der Waals surface area contributed by atoms with Crippen LogP contribution in [0.4, 0.5) is 0 Å². The van der Waals surface area contributed by atoms with Crippen LogP contribution in [-0.4, -0.2) is 45.2 Å². The van der Waals surface area contributed by atoms with E-state index in [9.17, 15) is 14.9 Å². The number of rotatable bonds is 1. The number of hydrogen-bond acceptors (Lipinski definition) is 7. The normalized spacial score (nSPS) is 39.0. The minimum Gasteiger partial charge on any atom is -0.454 e. The van der Waals surface area contributed by atoms with E-state index in [0.717, 1.165) is 5.56 Å². The third-order valence-electron chi connectivity index (χ3n) is 6.06. The van der Waals surface area contributed by atoms with Crippen LogP contribution in [0.15, 0.2) is 18.2 Å². The van der Waals surface area contributed by atoms with Crippen molar-refractivity contribution in [2.75, 3.05) is 13.8 Å². The zero-order valence-corrected chi connectivity index (χ0v) is 16.6. The lowest BCUT2D eigenvalue weighted by atomic mass is 9.79. The van der Waals surface area contributed by atoms with Gasteiger partial charge in [-0.25, -0.2) is 0 Å². The van der Waals surface area contributed by atoms with Crippen molar-refractivity contribution < 1.29 is 19.1 Å². The number of hydrogen-bond donors (Lipinski definition) is 0. The van der Waals surface area contributed by atoms with Crippen molar-refractivity contribution in [3.05, 3.63) is 23.8 Å². The molecule has 1 spiro atoms. The maximum atomic E-state index is 13.5. The van der Waals surface area contributed by atoms with Gasteiger partial charge in [0.15, 0.2) is 21.2 Å². The molecule has 5 heterocycles. The summed E-state index contributed by atoms with van der Waals surface area (Å²) in [5, 5.41) is 10.0. The van der Waals surface area contributed by atoms with Gasteiger partial charge < -0.3 is 19.3 Å². The maximum Gasteiger partial charge on any atom is 0.261 e. The first-order valence-corrected chi connectivity index (χ1v) is 10.7. The Morgan fingerprint density at radius 3 is 2.67 bits per heavy atom. The zero-order chi connectivity index (χ0) is 19.2. The summed E-state index contributed by atoms with van der Waals surface area (Å²) in [7, 11) is 4.49. The van der Waals surface area contributed by atoms with E-state index < -0.39 is 21.2 Å². The molecule has 2 bridgehead atoms. The lowest BCUT2D eigenvalue weighted by molar-refractivity contribution is -0.164. The largest absolute Gasteiger partial charge is 0.454 e. The molecule has 4 atom stereocenters. The minimum absolute atomic E-state index is 0.113. The predicted octanol–water partition coefficient (Wildman–Crippen LogP) is 2.50. The molecule has 2 amide bonds. The molecule has 5 aliphatic rings. The number of amides is 2. The molecule has 0 saturated carbocycles. The van der Waals surface area contributed by atoms with Gasteiger partial charge in [0, 0.05) is 13.5 Å². The maximum absolute atomic E-state index is 13.5. The van der Waals surface area contributed by atoms with Gasteiger partial charge in [-0.15, -0.1) is 0 Å². The number of likely N-dealkylation sites (N-methyl/N-ethyl adjacent to an activating group) is 1. The molecule has 9 heteroatoms. The summed E-state index contributed by atoms with van der Waals surface area (Å²) < 4.78 is 10.9. The van der Waals surface area contributed by atoms with E-state index in [-0.39, 0.29) is 25.0 Å². The Kier molecular flexibility index (Phi) is 3.20. The van der Waals surface area contributed by atoms with Gasteiger partial charge in [-0.1, -0.05) is 27.7 Å². The van der Waals surface area contributed by atoms with E-state index in [0.29, 0.717) is 11.5 Å². The molecule has 6 rings (SSSR count). The Balaban J connectivity index is 1.71. The summed E-state index contributed by atoms with van der Waals surface area (Å²) in [4.78, 5) is 27.9. The van der Waals surface area contributed by atoms with Gasteiger partial charge in [-0.2, -0.15) is 5.26 Å². The minimum atomic E-state index is -1.06. The topological polar surface area (TPSA) is 82.9 Å². The van der Waals surface area contributed by atoms with Crippen LogP contribution in [0, 0.1) is 16.7 Å². The molecule has 1 aromatic carbocycles. The van der Waals surface area contributed by atoms with E-state index in [4.69, 9.17) is 9.47 Å². The van der Waals surface area contributed by atoms with Crippen LogP contribution in [-0.2, 0) is 9.59 Å². The molecule has 1 aromatic rings. The van der Waals surface area contributed by atoms with Gasteiger partial charge >= 0.3 is 0 Å². The fraction of sp³-hybridized carbons (Fsp3) is 0.500. The van der Waals surface area contributed by atoms with Crippen LogP contribution in [0.2, 0.25) is 0 Å². The zero-order valence-electron chi connectivity index (χ0n) is 15.0. The van der Waals surface area contributed by atoms with E-state index in [1.165, 1.54) is 26.5 Å². The monoisotopic (exact) mass is 403 g/mol. The summed E-state index contributed by atoms with van der Waals surface area (Å²) in [5.41, 5.74) is -0.117. The van der Waals surface area contributed by atoms with Crippen LogP contribution >= 0.6 is 21.6 Å². The number of carbonyl (C=O) groups is 2. The van der Waals surface area contributed by atoms with Crippen molar-refractivity contribution >= 4 is 33.4 Å². The first-order chi connectivity index (χ1) is 12.8. The highest BCUT2D eigenvalue weighted by molar-refractivity contribution is 8.78. The second kappa shape index (κ2) is 5.06. The molecule has 0 N–H and O–H groups in total. The molecule has 4 fully saturated rings. The first-order valence-electron chi connectivity index (χ1n) is 8.56. The number of ether oxygens (including phenoxy) is 2. The van der Waals surface area contributed by atoms with E-state index in [1.807, 2.05) is 19.1 Å². The standard InChI is InChI=1S/C18H17N3O4S2/c1-16(8-19)7-18-15(23)20(3)17(2,26-27-18)14(22)21(18)13(16)10-4-5-11-12(6-10)25-9-24-11/h4-6,13H,7,9H2,1-3H3/t13?,16-,17?,18+/m0/s1. The predicted molar refractivity (Wildman–Crippen MR) is 99.6 cm³/mol. The average Bonchev–Trinajstić information content (AvgIpc) is 3.23. The highest BCUT2D eigenvalue weighted by Crippen LogP contribution is 2.69. The summed E-state index contributed by atoms with van der Waals surface area (Å²) in [5.74, 6) is 0.998. The number of nitrogens with zero attached hydrogens (tertiary/aromatic N) is 3. The molecule has 140 valence electrons.